The molecule has 1 N–H and O–H groups in total. The Morgan fingerprint density at radius 3 is 2.78 bits per heavy atom. The fraction of sp³-hybridized carbons (Fsp3) is 0.0667. The fourth-order valence-electron chi connectivity index (χ4n) is 2.44. The van der Waals surface area contributed by atoms with Gasteiger partial charge in [0.05, 0.1) is 0 Å². The summed E-state index contributed by atoms with van der Waals surface area (Å²) in [6.45, 7) is 0. The molecule has 0 fully saturated rings. The van der Waals surface area contributed by atoms with Crippen LogP contribution >= 0.6 is 23.1 Å². The lowest BCUT2D eigenvalue weighted by molar-refractivity contribution is -0.523. The highest BCUT2D eigenvalue weighted by molar-refractivity contribution is 8.00. The van der Waals surface area contributed by atoms with Crippen LogP contribution in [-0.2, 0) is 0 Å². The molecular weight excluding hydrogens is 332 g/mol. The quantitative estimate of drug-likeness (QED) is 0.441. The summed E-state index contributed by atoms with van der Waals surface area (Å²) in [4.78, 5) is 23.5. The number of aromatic nitrogens is 4. The maximum atomic E-state index is 12.0. The maximum Gasteiger partial charge on any atom is 0.286 e. The van der Waals surface area contributed by atoms with Crippen LogP contribution in [0.1, 0.15) is 0 Å². The van der Waals surface area contributed by atoms with Crippen molar-refractivity contribution in [1.82, 2.24) is 15.0 Å². The maximum absolute atomic E-state index is 12.0. The number of hydrogen-bond acceptors (Lipinski definition) is 6. The molecule has 0 aliphatic heterocycles. The molecule has 4 aromatic rings. The van der Waals surface area contributed by atoms with Gasteiger partial charge in [0.15, 0.2) is 9.73 Å². The highest BCUT2D eigenvalue weighted by Crippen LogP contribution is 2.33. The first-order chi connectivity index (χ1) is 11.2. The number of thiazole rings is 1. The number of benzene rings is 1. The second-order valence-corrected chi connectivity index (χ2v) is 6.85. The van der Waals surface area contributed by atoms with Crippen LogP contribution in [0.25, 0.3) is 27.1 Å². The van der Waals surface area contributed by atoms with Gasteiger partial charge in [-0.05, 0) is 11.8 Å². The molecule has 0 unspecified atom stereocenters. The fourth-order valence-corrected chi connectivity index (χ4v) is 4.31. The van der Waals surface area contributed by atoms with E-state index in [-0.39, 0.29) is 0 Å². The number of nitrogens with zero attached hydrogens (tertiary/aromatic N) is 3. The summed E-state index contributed by atoms with van der Waals surface area (Å²) < 4.78 is 2.69. The van der Waals surface area contributed by atoms with E-state index in [1.54, 1.807) is 15.7 Å². The second-order valence-electron chi connectivity index (χ2n) is 4.79. The molecule has 3 heterocycles. The lowest BCUT2D eigenvalue weighted by atomic mass is 10.2. The van der Waals surface area contributed by atoms with Crippen LogP contribution in [0.3, 0.4) is 0 Å². The van der Waals surface area contributed by atoms with Gasteiger partial charge in [-0.3, -0.25) is 4.79 Å². The molecule has 0 spiro atoms. The van der Waals surface area contributed by atoms with E-state index in [9.17, 15) is 9.90 Å². The average Bonchev–Trinajstić information content (AvgIpc) is 2.94. The van der Waals surface area contributed by atoms with Crippen molar-refractivity contribution >= 4 is 39.8 Å². The minimum absolute atomic E-state index is 0.301. The van der Waals surface area contributed by atoms with Crippen LogP contribution in [0, 0.1) is 0 Å². The van der Waals surface area contributed by atoms with Crippen LogP contribution in [0.5, 0.6) is 6.01 Å². The summed E-state index contributed by atoms with van der Waals surface area (Å²) in [5, 5.41) is 11.9. The zero-order chi connectivity index (χ0) is 16.0. The number of rotatable bonds is 2. The van der Waals surface area contributed by atoms with Gasteiger partial charge >= 0.3 is 0 Å². The standard InChI is InChI=1S/C15H10N4O2S2/c1-22-15-19-11-9(13(20)18-14(21)17-11)7-16-12(19)10(23-15)8-5-3-2-4-6-8/h2-7H,1H3,(H-,16,17,18,20,21). The Labute approximate surface area is 138 Å². The number of fused-ring (bicyclic) bond motifs is 3. The average molecular weight is 342 g/mol. The summed E-state index contributed by atoms with van der Waals surface area (Å²) in [6, 6.07) is 9.24. The summed E-state index contributed by atoms with van der Waals surface area (Å²) in [7, 11) is 0. The van der Waals surface area contributed by atoms with E-state index < -0.39 is 11.6 Å². The summed E-state index contributed by atoms with van der Waals surface area (Å²) in [5.74, 6) is 0. The van der Waals surface area contributed by atoms with Crippen molar-refractivity contribution in [3.63, 3.8) is 0 Å². The minimum Gasteiger partial charge on any atom is -0.832 e. The third-order valence-electron chi connectivity index (χ3n) is 3.44. The van der Waals surface area contributed by atoms with E-state index in [1.807, 2.05) is 36.6 Å². The monoisotopic (exact) mass is 342 g/mol. The number of aromatic amines is 1. The second kappa shape index (κ2) is 5.32. The minimum atomic E-state index is -0.651. The van der Waals surface area contributed by atoms with E-state index in [4.69, 9.17) is 0 Å². The molecule has 8 heteroatoms. The summed E-state index contributed by atoms with van der Waals surface area (Å²) >= 11 is 3.09. The van der Waals surface area contributed by atoms with Gasteiger partial charge in [0.25, 0.3) is 16.9 Å². The van der Waals surface area contributed by atoms with Crippen molar-refractivity contribution in [3.8, 4) is 16.5 Å². The molecular formula is C15H10N4O2S2. The number of thioether (sulfide) groups is 1. The predicted molar refractivity (Wildman–Crippen MR) is 87.9 cm³/mol. The van der Waals surface area contributed by atoms with E-state index in [1.165, 1.54) is 18.0 Å². The molecule has 0 bridgehead atoms. The number of nitrogens with one attached hydrogen (secondary N) is 1. The van der Waals surface area contributed by atoms with E-state index in [0.29, 0.717) is 16.7 Å². The van der Waals surface area contributed by atoms with Gasteiger partial charge in [0, 0.05) is 0 Å². The van der Waals surface area contributed by atoms with E-state index in [2.05, 4.69) is 15.0 Å². The van der Waals surface area contributed by atoms with Gasteiger partial charge in [0.1, 0.15) is 17.1 Å². The molecule has 0 aliphatic rings. The third kappa shape index (κ3) is 2.18. The smallest absolute Gasteiger partial charge is 0.286 e. The van der Waals surface area contributed by atoms with Crippen molar-refractivity contribution in [2.75, 3.05) is 6.26 Å². The summed E-state index contributed by atoms with van der Waals surface area (Å²) in [5.41, 5.74) is 1.60. The first kappa shape index (κ1) is 14.2. The Bertz CT molecular complexity index is 1090. The van der Waals surface area contributed by atoms with Crippen molar-refractivity contribution in [1.29, 1.82) is 0 Å². The number of hydrogen-bond donors (Lipinski definition) is 1. The van der Waals surface area contributed by atoms with Gasteiger partial charge in [-0.1, -0.05) is 58.4 Å². The molecule has 0 radical (unpaired) electrons. The lowest BCUT2D eigenvalue weighted by Gasteiger charge is -2.00. The zero-order valence-electron chi connectivity index (χ0n) is 11.9. The Morgan fingerprint density at radius 2 is 2.04 bits per heavy atom. The largest absolute Gasteiger partial charge is 0.832 e. The molecule has 0 saturated heterocycles. The summed E-state index contributed by atoms with van der Waals surface area (Å²) in [6.07, 6.45) is 3.41. The third-order valence-corrected chi connectivity index (χ3v) is 5.70. The lowest BCUT2D eigenvalue weighted by Crippen LogP contribution is -2.28. The highest BCUT2D eigenvalue weighted by atomic mass is 32.2. The zero-order valence-corrected chi connectivity index (χ0v) is 13.6. The number of H-pyrrole nitrogens is 1. The van der Waals surface area contributed by atoms with Crippen LogP contribution in [-0.4, -0.2) is 21.2 Å². The molecule has 4 rings (SSSR count). The Morgan fingerprint density at radius 1 is 1.26 bits per heavy atom. The first-order valence-corrected chi connectivity index (χ1v) is 8.77. The van der Waals surface area contributed by atoms with Crippen LogP contribution < -0.4 is 15.1 Å². The molecule has 114 valence electrons. The van der Waals surface area contributed by atoms with E-state index in [0.717, 1.165) is 14.8 Å². The van der Waals surface area contributed by atoms with Gasteiger partial charge in [-0.2, -0.15) is 4.40 Å². The normalized spacial score (nSPS) is 11.3. The first-order valence-electron chi connectivity index (χ1n) is 6.73. The topological polar surface area (TPSA) is 85.8 Å². The van der Waals surface area contributed by atoms with Crippen molar-refractivity contribution in [3.05, 3.63) is 46.9 Å². The van der Waals surface area contributed by atoms with Gasteiger partial charge in [0.2, 0.25) is 0 Å². The molecule has 0 atom stereocenters. The van der Waals surface area contributed by atoms with Gasteiger partial charge in [-0.15, -0.1) is 4.98 Å². The van der Waals surface area contributed by atoms with E-state index >= 15 is 0 Å². The molecule has 23 heavy (non-hydrogen) atoms. The molecule has 3 aromatic heterocycles. The molecule has 0 amide bonds. The van der Waals surface area contributed by atoms with Gasteiger partial charge < -0.3 is 10.1 Å². The molecule has 6 nitrogen and oxygen atoms in total. The van der Waals surface area contributed by atoms with Crippen LogP contribution in [0.2, 0.25) is 0 Å². The predicted octanol–water partition coefficient (Wildman–Crippen LogP) is 1.58. The van der Waals surface area contributed by atoms with Crippen molar-refractivity contribution in [2.45, 2.75) is 4.34 Å². The van der Waals surface area contributed by atoms with Gasteiger partial charge in [-0.25, -0.2) is 0 Å². The Balaban J connectivity index is 2.18. The molecule has 0 saturated carbocycles. The van der Waals surface area contributed by atoms with Crippen LogP contribution in [0.15, 0.2) is 45.7 Å². The van der Waals surface area contributed by atoms with Crippen molar-refractivity contribution in [2.24, 2.45) is 0 Å². The molecule has 1 aromatic carbocycles. The Hall–Kier alpha value is -2.45. The van der Waals surface area contributed by atoms with Crippen molar-refractivity contribution < 1.29 is 9.51 Å². The Kier molecular flexibility index (Phi) is 3.28. The highest BCUT2D eigenvalue weighted by Gasteiger charge is 2.23. The molecule has 0 aliphatic carbocycles. The van der Waals surface area contributed by atoms with Crippen LogP contribution in [0.4, 0.5) is 0 Å². The SMILES string of the molecule is CSc1sc(-c2ccccc2)c2ncc3c(=O)[nH]c([O-])nc3[n+]12.